The molecule has 2 saturated heterocycles. The molecule has 0 aliphatic carbocycles. The predicted octanol–water partition coefficient (Wildman–Crippen LogP) is -1.12. The van der Waals surface area contributed by atoms with Gasteiger partial charge in [-0.05, 0) is 0 Å². The number of ether oxygens (including phenoxy) is 2. The Hall–Kier alpha value is -2.92. The lowest BCUT2D eigenvalue weighted by Crippen LogP contribution is -2.61. The van der Waals surface area contributed by atoms with Gasteiger partial charge in [-0.2, -0.15) is 0 Å². The van der Waals surface area contributed by atoms with Gasteiger partial charge in [0.1, 0.15) is 24.9 Å². The van der Waals surface area contributed by atoms with E-state index in [2.05, 4.69) is 20.1 Å². The summed E-state index contributed by atoms with van der Waals surface area (Å²) in [5.74, 6) is -0.366. The Bertz CT molecular complexity index is 842. The van der Waals surface area contributed by atoms with E-state index < -0.39 is 5.60 Å². The van der Waals surface area contributed by atoms with Crippen LogP contribution in [0.4, 0.5) is 5.69 Å². The highest BCUT2D eigenvalue weighted by Crippen LogP contribution is 2.26. The number of rotatable bonds is 2. The van der Waals surface area contributed by atoms with Gasteiger partial charge in [-0.3, -0.25) is 14.3 Å². The van der Waals surface area contributed by atoms with E-state index in [0.29, 0.717) is 18.8 Å². The van der Waals surface area contributed by atoms with Crippen LogP contribution >= 0.6 is 0 Å². The molecule has 1 atom stereocenters. The average Bonchev–Trinajstić information content (AvgIpc) is 3.02. The van der Waals surface area contributed by atoms with Crippen molar-refractivity contribution < 1.29 is 19.1 Å². The largest absolute Gasteiger partial charge is 0.376 e. The second kappa shape index (κ2) is 7.00. The van der Waals surface area contributed by atoms with Crippen molar-refractivity contribution in [3.63, 3.8) is 0 Å². The molecule has 1 unspecified atom stereocenters. The number of nitrogens with zero attached hydrogens (tertiary/aromatic N) is 7. The van der Waals surface area contributed by atoms with Gasteiger partial charge in [-0.1, -0.05) is 0 Å². The van der Waals surface area contributed by atoms with Crippen LogP contribution in [0, 0.1) is 0 Å². The molecule has 142 valence electrons. The Balaban J connectivity index is 1.57. The first kappa shape index (κ1) is 17.5. The second-order valence-electron chi connectivity index (χ2n) is 6.57. The van der Waals surface area contributed by atoms with E-state index in [1.54, 1.807) is 29.2 Å². The Kier molecular flexibility index (Phi) is 4.54. The fourth-order valence-corrected chi connectivity index (χ4v) is 3.22. The molecule has 2 aliphatic rings. The van der Waals surface area contributed by atoms with Gasteiger partial charge in [0.05, 0.1) is 44.4 Å². The third kappa shape index (κ3) is 3.51. The first-order chi connectivity index (χ1) is 13.1. The highest BCUT2D eigenvalue weighted by atomic mass is 16.6. The maximum atomic E-state index is 12.8. The number of anilines is 1. The van der Waals surface area contributed by atoms with Crippen LogP contribution in [0.3, 0.4) is 0 Å². The fraction of sp³-hybridized carbons (Fsp3) is 0.500. The molecular formula is C16H19N7O4. The average molecular weight is 373 g/mol. The van der Waals surface area contributed by atoms with Crippen LogP contribution in [0.25, 0.3) is 0 Å². The van der Waals surface area contributed by atoms with Crippen LogP contribution in [0.15, 0.2) is 25.0 Å². The van der Waals surface area contributed by atoms with Crippen LogP contribution in [0.5, 0.6) is 0 Å². The standard InChI is InChI=1S/C16H19N7O4/c1-21-11-19-14(20-21)15(25)22-2-3-26-9-16(7-22)8-23(13(24)6-27-16)12-4-17-10-18-5-12/h4-5,10-11H,2-3,6-9H2,1H3. The van der Waals surface area contributed by atoms with Crippen molar-refractivity contribution in [3.05, 3.63) is 30.9 Å². The molecule has 11 nitrogen and oxygen atoms in total. The molecule has 2 aliphatic heterocycles. The SMILES string of the molecule is Cn1cnc(C(=O)N2CCOCC3(C2)CN(c2cncnc2)C(=O)CO3)n1. The molecule has 27 heavy (non-hydrogen) atoms. The molecule has 2 fully saturated rings. The van der Waals surface area contributed by atoms with Gasteiger partial charge < -0.3 is 19.3 Å². The van der Waals surface area contributed by atoms with Crippen molar-refractivity contribution in [1.29, 1.82) is 0 Å². The van der Waals surface area contributed by atoms with Crippen LogP contribution < -0.4 is 4.90 Å². The zero-order valence-electron chi connectivity index (χ0n) is 14.8. The lowest BCUT2D eigenvalue weighted by atomic mass is 10.0. The molecule has 2 aromatic heterocycles. The molecule has 0 saturated carbocycles. The van der Waals surface area contributed by atoms with Gasteiger partial charge in [0.2, 0.25) is 5.82 Å². The first-order valence-corrected chi connectivity index (χ1v) is 8.48. The minimum absolute atomic E-state index is 0.109. The van der Waals surface area contributed by atoms with E-state index in [4.69, 9.17) is 9.47 Å². The molecule has 1 spiro atoms. The van der Waals surface area contributed by atoms with E-state index in [1.807, 2.05) is 0 Å². The van der Waals surface area contributed by atoms with Gasteiger partial charge in [0.15, 0.2) is 0 Å². The lowest BCUT2D eigenvalue weighted by molar-refractivity contribution is -0.145. The zero-order chi connectivity index (χ0) is 18.9. The molecule has 2 aromatic rings. The summed E-state index contributed by atoms with van der Waals surface area (Å²) in [7, 11) is 1.70. The second-order valence-corrected chi connectivity index (χ2v) is 6.57. The summed E-state index contributed by atoms with van der Waals surface area (Å²) in [6.45, 7) is 1.42. The third-order valence-electron chi connectivity index (χ3n) is 4.54. The van der Waals surface area contributed by atoms with Crippen LogP contribution in [-0.4, -0.2) is 86.5 Å². The van der Waals surface area contributed by atoms with Crippen LogP contribution in [0.2, 0.25) is 0 Å². The van der Waals surface area contributed by atoms with Gasteiger partial charge in [0.25, 0.3) is 11.8 Å². The quantitative estimate of drug-likeness (QED) is 0.650. The number of carbonyl (C=O) groups is 2. The topological polar surface area (TPSA) is 116 Å². The zero-order valence-corrected chi connectivity index (χ0v) is 14.8. The fourth-order valence-electron chi connectivity index (χ4n) is 3.22. The van der Waals surface area contributed by atoms with Crippen molar-refractivity contribution in [2.45, 2.75) is 5.60 Å². The highest BCUT2D eigenvalue weighted by Gasteiger charge is 2.44. The van der Waals surface area contributed by atoms with Crippen LogP contribution in [0.1, 0.15) is 10.6 Å². The molecule has 0 bridgehead atoms. The Labute approximate surface area is 154 Å². The molecule has 2 amide bonds. The molecule has 0 aromatic carbocycles. The Morgan fingerprint density at radius 3 is 2.81 bits per heavy atom. The van der Waals surface area contributed by atoms with E-state index in [-0.39, 0.29) is 43.9 Å². The van der Waals surface area contributed by atoms with Gasteiger partial charge in [0, 0.05) is 13.6 Å². The van der Waals surface area contributed by atoms with Crippen LogP contribution in [-0.2, 0) is 21.3 Å². The number of aryl methyl sites for hydroxylation is 1. The van der Waals surface area contributed by atoms with Crippen molar-refractivity contribution >= 4 is 17.5 Å². The number of aromatic nitrogens is 5. The smallest absolute Gasteiger partial charge is 0.293 e. The molecule has 4 heterocycles. The normalized spacial score (nSPS) is 23.5. The van der Waals surface area contributed by atoms with Crippen molar-refractivity contribution in [1.82, 2.24) is 29.6 Å². The maximum Gasteiger partial charge on any atom is 0.293 e. The van der Waals surface area contributed by atoms with Crippen molar-refractivity contribution in [3.8, 4) is 0 Å². The number of hydrogen-bond donors (Lipinski definition) is 0. The van der Waals surface area contributed by atoms with Crippen molar-refractivity contribution in [2.75, 3.05) is 44.4 Å². The summed E-state index contributed by atoms with van der Waals surface area (Å²) in [4.78, 5) is 40.3. The highest BCUT2D eigenvalue weighted by molar-refractivity contribution is 5.95. The molecule has 11 heteroatoms. The minimum Gasteiger partial charge on any atom is -0.376 e. The molecule has 4 rings (SSSR count). The summed E-state index contributed by atoms with van der Waals surface area (Å²) in [6.07, 6.45) is 6.02. The predicted molar refractivity (Wildman–Crippen MR) is 90.8 cm³/mol. The minimum atomic E-state index is -0.843. The molecular weight excluding hydrogens is 354 g/mol. The monoisotopic (exact) mass is 373 g/mol. The number of morpholine rings is 1. The van der Waals surface area contributed by atoms with E-state index >= 15 is 0 Å². The van der Waals surface area contributed by atoms with Crippen molar-refractivity contribution in [2.24, 2.45) is 7.05 Å². The lowest BCUT2D eigenvalue weighted by Gasteiger charge is -2.42. The molecule has 0 N–H and O–H groups in total. The maximum absolute atomic E-state index is 12.8. The van der Waals surface area contributed by atoms with E-state index in [1.165, 1.54) is 17.3 Å². The summed E-state index contributed by atoms with van der Waals surface area (Å²) >= 11 is 0. The number of carbonyl (C=O) groups excluding carboxylic acids is 2. The molecule has 0 radical (unpaired) electrons. The van der Waals surface area contributed by atoms with Gasteiger partial charge >= 0.3 is 0 Å². The van der Waals surface area contributed by atoms with Gasteiger partial charge in [-0.15, -0.1) is 5.10 Å². The van der Waals surface area contributed by atoms with Gasteiger partial charge in [-0.25, -0.2) is 15.0 Å². The number of amides is 2. The third-order valence-corrected chi connectivity index (χ3v) is 4.54. The summed E-state index contributed by atoms with van der Waals surface area (Å²) in [5, 5.41) is 4.08. The Morgan fingerprint density at radius 1 is 1.26 bits per heavy atom. The Morgan fingerprint density at radius 2 is 2.07 bits per heavy atom. The summed E-state index contributed by atoms with van der Waals surface area (Å²) < 4.78 is 13.0. The summed E-state index contributed by atoms with van der Waals surface area (Å²) in [5.41, 5.74) is -0.260. The van der Waals surface area contributed by atoms with E-state index in [9.17, 15) is 9.59 Å². The first-order valence-electron chi connectivity index (χ1n) is 8.48. The summed E-state index contributed by atoms with van der Waals surface area (Å²) in [6, 6.07) is 0. The van der Waals surface area contributed by atoms with E-state index in [0.717, 1.165) is 0 Å². The number of hydrogen-bond acceptors (Lipinski definition) is 8.